The van der Waals surface area contributed by atoms with E-state index in [1.165, 1.54) is 17.8 Å². The van der Waals surface area contributed by atoms with E-state index in [9.17, 15) is 9.59 Å². The Balaban J connectivity index is 1.93. The van der Waals surface area contributed by atoms with Crippen LogP contribution in [0.5, 0.6) is 0 Å². The van der Waals surface area contributed by atoms with E-state index in [1.54, 1.807) is 19.3 Å². The molecule has 116 valence electrons. The van der Waals surface area contributed by atoms with Crippen LogP contribution in [0.1, 0.15) is 30.6 Å². The zero-order chi connectivity index (χ0) is 15.9. The van der Waals surface area contributed by atoms with Gasteiger partial charge in [-0.2, -0.15) is 0 Å². The first-order valence-corrected chi connectivity index (χ1v) is 7.97. The topological polar surface area (TPSA) is 87.7 Å². The number of H-pyrrole nitrogens is 1. The van der Waals surface area contributed by atoms with Crippen molar-refractivity contribution < 1.29 is 4.79 Å². The summed E-state index contributed by atoms with van der Waals surface area (Å²) in [6, 6.07) is 5.16. The molecule has 0 aromatic carbocycles. The first-order valence-electron chi connectivity index (χ1n) is 6.98. The Morgan fingerprint density at radius 3 is 2.77 bits per heavy atom. The molecule has 2 rings (SSSR count). The third kappa shape index (κ3) is 4.70. The number of aryl methyl sites for hydroxylation is 1. The van der Waals surface area contributed by atoms with Crippen LogP contribution < -0.4 is 10.9 Å². The van der Waals surface area contributed by atoms with Gasteiger partial charge in [-0.3, -0.25) is 14.6 Å². The molecule has 0 fully saturated rings. The molecule has 2 heterocycles. The third-order valence-electron chi connectivity index (χ3n) is 3.04. The first kappa shape index (κ1) is 16.2. The number of nitrogens with zero attached hydrogens (tertiary/aromatic N) is 2. The van der Waals surface area contributed by atoms with Crippen molar-refractivity contribution >= 4 is 17.7 Å². The van der Waals surface area contributed by atoms with Crippen LogP contribution in [0, 0.1) is 6.92 Å². The Bertz CT molecular complexity index is 687. The van der Waals surface area contributed by atoms with Crippen molar-refractivity contribution in [3.63, 3.8) is 0 Å². The molecule has 0 saturated carbocycles. The van der Waals surface area contributed by atoms with E-state index >= 15 is 0 Å². The highest BCUT2D eigenvalue weighted by atomic mass is 32.2. The lowest BCUT2D eigenvalue weighted by atomic mass is 10.1. The normalized spacial score (nSPS) is 11.9. The van der Waals surface area contributed by atoms with E-state index in [-0.39, 0.29) is 23.3 Å². The molecule has 0 saturated heterocycles. The molecular weight excluding hydrogens is 300 g/mol. The van der Waals surface area contributed by atoms with Gasteiger partial charge in [0, 0.05) is 24.2 Å². The standard InChI is InChI=1S/C15H18N4O2S/c1-3-12(11-4-6-16-7-5-11)18-14(21)9-22-15-17-10(2)8-13(20)19-15/h4-8,12H,3,9H2,1-2H3,(H,18,21)(H,17,19,20)/t12-/m1/s1. The van der Waals surface area contributed by atoms with E-state index in [0.29, 0.717) is 10.9 Å². The fourth-order valence-corrected chi connectivity index (χ4v) is 2.74. The minimum Gasteiger partial charge on any atom is -0.349 e. The van der Waals surface area contributed by atoms with Gasteiger partial charge < -0.3 is 10.3 Å². The highest BCUT2D eigenvalue weighted by Crippen LogP contribution is 2.16. The van der Waals surface area contributed by atoms with Crippen LogP contribution in [0.3, 0.4) is 0 Å². The summed E-state index contributed by atoms with van der Waals surface area (Å²) < 4.78 is 0. The lowest BCUT2D eigenvalue weighted by Crippen LogP contribution is -2.29. The third-order valence-corrected chi connectivity index (χ3v) is 3.91. The maximum Gasteiger partial charge on any atom is 0.251 e. The number of thioether (sulfide) groups is 1. The maximum atomic E-state index is 12.1. The number of aromatic nitrogens is 3. The molecule has 0 unspecified atom stereocenters. The summed E-state index contributed by atoms with van der Waals surface area (Å²) in [4.78, 5) is 34.2. The van der Waals surface area contributed by atoms with Gasteiger partial charge in [-0.05, 0) is 31.0 Å². The number of nitrogens with one attached hydrogen (secondary N) is 2. The Morgan fingerprint density at radius 1 is 1.41 bits per heavy atom. The van der Waals surface area contributed by atoms with Crippen molar-refractivity contribution in [1.82, 2.24) is 20.3 Å². The summed E-state index contributed by atoms with van der Waals surface area (Å²) in [5, 5.41) is 3.43. The molecule has 0 bridgehead atoms. The predicted octanol–water partition coefficient (Wildman–Crippen LogP) is 1.83. The zero-order valence-electron chi connectivity index (χ0n) is 12.5. The molecule has 22 heavy (non-hydrogen) atoms. The molecule has 2 aromatic rings. The van der Waals surface area contributed by atoms with Crippen LogP contribution in [0.2, 0.25) is 0 Å². The van der Waals surface area contributed by atoms with Crippen LogP contribution in [0.4, 0.5) is 0 Å². The highest BCUT2D eigenvalue weighted by Gasteiger charge is 2.13. The second-order valence-corrected chi connectivity index (χ2v) is 5.75. The van der Waals surface area contributed by atoms with Crippen LogP contribution >= 0.6 is 11.8 Å². The van der Waals surface area contributed by atoms with Gasteiger partial charge in [0.05, 0.1) is 11.8 Å². The van der Waals surface area contributed by atoms with Gasteiger partial charge >= 0.3 is 0 Å². The van der Waals surface area contributed by atoms with Gasteiger partial charge in [-0.25, -0.2) is 4.98 Å². The Hall–Kier alpha value is -2.15. The Morgan fingerprint density at radius 2 is 2.14 bits per heavy atom. The molecule has 2 N–H and O–H groups in total. The lowest BCUT2D eigenvalue weighted by molar-refractivity contribution is -0.119. The SMILES string of the molecule is CC[C@@H](NC(=O)CSc1nc(C)cc(=O)[nH]1)c1ccncc1. The number of carbonyl (C=O) groups excluding carboxylic acids is 1. The van der Waals surface area contributed by atoms with Gasteiger partial charge in [0.15, 0.2) is 5.16 Å². The van der Waals surface area contributed by atoms with Gasteiger partial charge in [0.2, 0.25) is 5.91 Å². The van der Waals surface area contributed by atoms with Gasteiger partial charge in [0.1, 0.15) is 0 Å². The molecule has 0 aliphatic heterocycles. The summed E-state index contributed by atoms with van der Waals surface area (Å²) in [5.74, 6) is 0.103. The highest BCUT2D eigenvalue weighted by molar-refractivity contribution is 7.99. The van der Waals surface area contributed by atoms with Crippen LogP contribution in [-0.4, -0.2) is 26.6 Å². The molecule has 0 aliphatic carbocycles. The number of aromatic amines is 1. The smallest absolute Gasteiger partial charge is 0.251 e. The molecular formula is C15H18N4O2S. The van der Waals surface area contributed by atoms with Crippen molar-refractivity contribution in [3.05, 3.63) is 52.2 Å². The van der Waals surface area contributed by atoms with E-state index in [0.717, 1.165) is 12.0 Å². The molecule has 1 atom stereocenters. The maximum absolute atomic E-state index is 12.1. The average molecular weight is 318 g/mol. The Kier molecular flexibility index (Phi) is 5.71. The second-order valence-electron chi connectivity index (χ2n) is 4.79. The van der Waals surface area contributed by atoms with Gasteiger partial charge in [0.25, 0.3) is 5.56 Å². The predicted molar refractivity (Wildman–Crippen MR) is 85.7 cm³/mol. The minimum atomic E-state index is -0.210. The summed E-state index contributed by atoms with van der Waals surface area (Å²) in [5.41, 5.74) is 1.45. The first-order chi connectivity index (χ1) is 10.6. The van der Waals surface area contributed by atoms with Gasteiger partial charge in [-0.1, -0.05) is 18.7 Å². The molecule has 1 amide bonds. The van der Waals surface area contributed by atoms with Crippen molar-refractivity contribution in [1.29, 1.82) is 0 Å². The summed E-state index contributed by atoms with van der Waals surface area (Å²) in [7, 11) is 0. The van der Waals surface area contributed by atoms with Crippen LogP contribution in [0.25, 0.3) is 0 Å². The van der Waals surface area contributed by atoms with E-state index in [4.69, 9.17) is 0 Å². The van der Waals surface area contributed by atoms with Crippen molar-refractivity contribution in [2.75, 3.05) is 5.75 Å². The van der Waals surface area contributed by atoms with E-state index in [1.807, 2.05) is 19.1 Å². The quantitative estimate of drug-likeness (QED) is 0.627. The number of carbonyl (C=O) groups is 1. The fraction of sp³-hybridized carbons (Fsp3) is 0.333. The Labute approximate surface area is 132 Å². The largest absolute Gasteiger partial charge is 0.349 e. The number of rotatable bonds is 6. The monoisotopic (exact) mass is 318 g/mol. The molecule has 0 aliphatic rings. The van der Waals surface area contributed by atoms with Crippen molar-refractivity contribution in [2.45, 2.75) is 31.5 Å². The number of pyridine rings is 1. The molecule has 2 aromatic heterocycles. The molecule has 0 spiro atoms. The van der Waals surface area contributed by atoms with Crippen LogP contribution in [0.15, 0.2) is 40.5 Å². The molecule has 6 nitrogen and oxygen atoms in total. The summed E-state index contributed by atoms with van der Waals surface area (Å²) in [6.45, 7) is 3.76. The lowest BCUT2D eigenvalue weighted by Gasteiger charge is -2.17. The fourth-order valence-electron chi connectivity index (χ4n) is 2.01. The summed E-state index contributed by atoms with van der Waals surface area (Å²) in [6.07, 6.45) is 4.21. The number of hydrogen-bond donors (Lipinski definition) is 2. The van der Waals surface area contributed by atoms with E-state index < -0.39 is 0 Å². The van der Waals surface area contributed by atoms with E-state index in [2.05, 4.69) is 20.3 Å². The minimum absolute atomic E-state index is 0.0411. The van der Waals surface area contributed by atoms with Crippen molar-refractivity contribution in [2.24, 2.45) is 0 Å². The summed E-state index contributed by atoms with van der Waals surface area (Å²) >= 11 is 1.21. The second kappa shape index (κ2) is 7.74. The number of hydrogen-bond acceptors (Lipinski definition) is 5. The van der Waals surface area contributed by atoms with Crippen LogP contribution in [-0.2, 0) is 4.79 Å². The zero-order valence-corrected chi connectivity index (χ0v) is 13.3. The van der Waals surface area contributed by atoms with Crippen molar-refractivity contribution in [3.8, 4) is 0 Å². The van der Waals surface area contributed by atoms with Gasteiger partial charge in [-0.15, -0.1) is 0 Å². The average Bonchev–Trinajstić information content (AvgIpc) is 2.50. The number of amides is 1. The molecule has 7 heteroatoms. The molecule has 0 radical (unpaired) electrons.